The van der Waals surface area contributed by atoms with Crippen molar-refractivity contribution >= 4 is 17.7 Å². The molecule has 0 N–H and O–H groups in total. The quantitative estimate of drug-likeness (QED) is 0.548. The van der Waals surface area contributed by atoms with Crippen LogP contribution >= 0.6 is 11.6 Å². The summed E-state index contributed by atoms with van der Waals surface area (Å²) in [6.07, 6.45) is 2.99. The second-order valence-electron chi connectivity index (χ2n) is 8.23. The van der Waals surface area contributed by atoms with E-state index >= 15 is 0 Å². The van der Waals surface area contributed by atoms with Gasteiger partial charge >= 0.3 is 6.09 Å². The van der Waals surface area contributed by atoms with Gasteiger partial charge in [0, 0.05) is 23.3 Å². The number of benzene rings is 1. The third-order valence-corrected chi connectivity index (χ3v) is 4.99. The van der Waals surface area contributed by atoms with E-state index in [1.165, 1.54) is 0 Å². The number of amides is 1. The molecular weight excluding hydrogens is 404 g/mol. The Morgan fingerprint density at radius 2 is 2.07 bits per heavy atom. The molecule has 0 radical (unpaired) electrons. The number of nitrogens with zero attached hydrogens (tertiary/aromatic N) is 4. The van der Waals surface area contributed by atoms with Gasteiger partial charge in [0.1, 0.15) is 17.3 Å². The molecule has 3 aromatic rings. The molecule has 3 heterocycles. The Kier molecular flexibility index (Phi) is 5.47. The van der Waals surface area contributed by atoms with Gasteiger partial charge < -0.3 is 9.26 Å². The number of rotatable bonds is 3. The molecular formula is C22H23ClN4O3. The first-order valence-electron chi connectivity index (χ1n) is 9.86. The van der Waals surface area contributed by atoms with E-state index in [-0.39, 0.29) is 12.1 Å². The smallest absolute Gasteiger partial charge is 0.410 e. The van der Waals surface area contributed by atoms with Crippen molar-refractivity contribution in [1.82, 2.24) is 20.0 Å². The van der Waals surface area contributed by atoms with E-state index in [4.69, 9.17) is 20.9 Å². The standard InChI is InChI=1S/C22H23ClN4O3/c1-22(2,3)29-21(28)27-11-5-8-18(27)20-25-19(26-30-20)17-10-9-15(13-24-17)14-6-4-7-16(23)12-14/h4,6-7,9-10,12-13,18H,5,8,11H2,1-3H3. The van der Waals surface area contributed by atoms with Crippen molar-refractivity contribution in [3.05, 3.63) is 53.5 Å². The summed E-state index contributed by atoms with van der Waals surface area (Å²) in [6.45, 7) is 6.14. The molecule has 1 amide bonds. The molecule has 0 aliphatic carbocycles. The van der Waals surface area contributed by atoms with E-state index in [1.54, 1.807) is 11.1 Å². The summed E-state index contributed by atoms with van der Waals surface area (Å²) >= 11 is 6.07. The van der Waals surface area contributed by atoms with Crippen LogP contribution in [0, 0.1) is 0 Å². The number of ether oxygens (including phenoxy) is 1. The van der Waals surface area contributed by atoms with Gasteiger partial charge in [0.2, 0.25) is 11.7 Å². The number of carbonyl (C=O) groups is 1. The van der Waals surface area contributed by atoms with Gasteiger partial charge in [-0.15, -0.1) is 0 Å². The summed E-state index contributed by atoms with van der Waals surface area (Å²) in [4.78, 5) is 23.1. The molecule has 0 saturated carbocycles. The molecule has 4 rings (SSSR count). The van der Waals surface area contributed by atoms with Crippen LogP contribution in [0.2, 0.25) is 5.02 Å². The van der Waals surface area contributed by atoms with Crippen LogP contribution in [0.25, 0.3) is 22.6 Å². The number of likely N-dealkylation sites (tertiary alicyclic amines) is 1. The maximum Gasteiger partial charge on any atom is 0.410 e. The van der Waals surface area contributed by atoms with Gasteiger partial charge in [-0.1, -0.05) is 35.0 Å². The molecule has 7 nitrogen and oxygen atoms in total. The van der Waals surface area contributed by atoms with E-state index in [1.807, 2.05) is 57.2 Å². The highest BCUT2D eigenvalue weighted by Gasteiger charge is 2.36. The Bertz CT molecular complexity index is 1040. The minimum Gasteiger partial charge on any atom is -0.444 e. The second kappa shape index (κ2) is 8.07. The predicted octanol–water partition coefficient (Wildman–Crippen LogP) is 5.52. The van der Waals surface area contributed by atoms with E-state index in [9.17, 15) is 4.79 Å². The van der Waals surface area contributed by atoms with E-state index in [0.717, 1.165) is 24.0 Å². The average molecular weight is 427 g/mol. The Hall–Kier alpha value is -2.93. The molecule has 1 fully saturated rings. The van der Waals surface area contributed by atoms with Gasteiger partial charge in [0.25, 0.3) is 0 Å². The van der Waals surface area contributed by atoms with Crippen LogP contribution in [0.3, 0.4) is 0 Å². The molecule has 0 bridgehead atoms. The van der Waals surface area contributed by atoms with Crippen molar-refractivity contribution < 1.29 is 14.1 Å². The molecule has 1 aliphatic rings. The van der Waals surface area contributed by atoms with Gasteiger partial charge in [-0.05, 0) is 57.4 Å². The van der Waals surface area contributed by atoms with Gasteiger partial charge in [-0.25, -0.2) is 4.79 Å². The van der Waals surface area contributed by atoms with Crippen LogP contribution in [0.4, 0.5) is 4.79 Å². The van der Waals surface area contributed by atoms with Crippen LogP contribution in [0.1, 0.15) is 45.5 Å². The molecule has 1 unspecified atom stereocenters. The zero-order chi connectivity index (χ0) is 21.3. The largest absolute Gasteiger partial charge is 0.444 e. The molecule has 8 heteroatoms. The lowest BCUT2D eigenvalue weighted by molar-refractivity contribution is 0.0199. The van der Waals surface area contributed by atoms with Gasteiger partial charge in [0.15, 0.2) is 0 Å². The maximum absolute atomic E-state index is 12.5. The average Bonchev–Trinajstić information content (AvgIpc) is 3.36. The van der Waals surface area contributed by atoms with Crippen LogP contribution in [0.15, 0.2) is 47.1 Å². The van der Waals surface area contributed by atoms with Crippen molar-refractivity contribution in [2.45, 2.75) is 45.3 Å². The molecule has 1 aromatic carbocycles. The van der Waals surface area contributed by atoms with Crippen molar-refractivity contribution in [2.24, 2.45) is 0 Å². The fourth-order valence-corrected chi connectivity index (χ4v) is 3.59. The number of hydrogen-bond donors (Lipinski definition) is 0. The highest BCUT2D eigenvalue weighted by Crippen LogP contribution is 2.33. The number of hydrogen-bond acceptors (Lipinski definition) is 6. The summed E-state index contributed by atoms with van der Waals surface area (Å²) < 4.78 is 11.0. The van der Waals surface area contributed by atoms with Crippen LogP contribution in [-0.2, 0) is 4.74 Å². The van der Waals surface area contributed by atoms with Gasteiger partial charge in [-0.2, -0.15) is 4.98 Å². The third-order valence-electron chi connectivity index (χ3n) is 4.76. The normalized spacial score (nSPS) is 16.7. The highest BCUT2D eigenvalue weighted by atomic mass is 35.5. The zero-order valence-corrected chi connectivity index (χ0v) is 17.9. The molecule has 1 saturated heterocycles. The SMILES string of the molecule is CC(C)(C)OC(=O)N1CCCC1c1nc(-c2ccc(-c3cccc(Cl)c3)cn2)no1. The summed E-state index contributed by atoms with van der Waals surface area (Å²) in [7, 11) is 0. The van der Waals surface area contributed by atoms with Gasteiger partial charge in [0.05, 0.1) is 0 Å². The maximum atomic E-state index is 12.5. The number of halogens is 1. The first-order valence-corrected chi connectivity index (χ1v) is 10.2. The van der Waals surface area contributed by atoms with Gasteiger partial charge in [-0.3, -0.25) is 9.88 Å². The van der Waals surface area contributed by atoms with Crippen LogP contribution in [0.5, 0.6) is 0 Å². The molecule has 2 aromatic heterocycles. The third kappa shape index (κ3) is 4.46. The monoisotopic (exact) mass is 426 g/mol. The summed E-state index contributed by atoms with van der Waals surface area (Å²) in [5, 5.41) is 4.74. The van der Waals surface area contributed by atoms with E-state index in [2.05, 4.69) is 15.1 Å². The molecule has 1 atom stereocenters. The number of pyridine rings is 1. The van der Waals surface area contributed by atoms with Crippen molar-refractivity contribution in [1.29, 1.82) is 0 Å². The Balaban J connectivity index is 1.52. The van der Waals surface area contributed by atoms with Crippen molar-refractivity contribution in [3.63, 3.8) is 0 Å². The topological polar surface area (TPSA) is 81.4 Å². The Morgan fingerprint density at radius 3 is 2.77 bits per heavy atom. The second-order valence-corrected chi connectivity index (χ2v) is 8.67. The highest BCUT2D eigenvalue weighted by molar-refractivity contribution is 6.30. The van der Waals surface area contributed by atoms with Crippen LogP contribution in [-0.4, -0.2) is 38.3 Å². The zero-order valence-electron chi connectivity index (χ0n) is 17.1. The lowest BCUT2D eigenvalue weighted by Crippen LogP contribution is -2.36. The van der Waals surface area contributed by atoms with Crippen molar-refractivity contribution in [2.75, 3.05) is 6.54 Å². The first kappa shape index (κ1) is 20.3. The fourth-order valence-electron chi connectivity index (χ4n) is 3.40. The van der Waals surface area contributed by atoms with Crippen molar-refractivity contribution in [3.8, 4) is 22.6 Å². The molecule has 1 aliphatic heterocycles. The van der Waals surface area contributed by atoms with E-state index < -0.39 is 5.60 Å². The molecule has 0 spiro atoms. The minimum atomic E-state index is -0.557. The Morgan fingerprint density at radius 1 is 1.23 bits per heavy atom. The molecule has 156 valence electrons. The number of carbonyl (C=O) groups excluding carboxylic acids is 1. The first-order chi connectivity index (χ1) is 14.3. The Labute approximate surface area is 180 Å². The summed E-state index contributed by atoms with van der Waals surface area (Å²) in [6, 6.07) is 11.1. The number of aromatic nitrogens is 3. The predicted molar refractivity (Wildman–Crippen MR) is 113 cm³/mol. The van der Waals surface area contributed by atoms with E-state index in [0.29, 0.717) is 29.0 Å². The lowest BCUT2D eigenvalue weighted by Gasteiger charge is -2.26. The fraction of sp³-hybridized carbons (Fsp3) is 0.364. The van der Waals surface area contributed by atoms with Crippen LogP contribution < -0.4 is 0 Å². The summed E-state index contributed by atoms with van der Waals surface area (Å²) in [5.74, 6) is 0.785. The minimum absolute atomic E-state index is 0.285. The lowest BCUT2D eigenvalue weighted by atomic mass is 10.1. The summed E-state index contributed by atoms with van der Waals surface area (Å²) in [5.41, 5.74) is 1.96. The molecule has 30 heavy (non-hydrogen) atoms.